The number of benzene rings is 2. The predicted molar refractivity (Wildman–Crippen MR) is 121 cm³/mol. The smallest absolute Gasteiger partial charge is 0.0493 e. The molecule has 1 heteroatoms. The molecule has 0 saturated carbocycles. The molecule has 3 aliphatic carbocycles. The molecule has 4 aliphatic rings. The van der Waals surface area contributed by atoms with Crippen LogP contribution in [-0.2, 0) is 5.41 Å². The van der Waals surface area contributed by atoms with Gasteiger partial charge in [-0.3, -0.25) is 0 Å². The van der Waals surface area contributed by atoms with Gasteiger partial charge in [0.15, 0.2) is 0 Å². The number of thioether (sulfide) groups is 1. The van der Waals surface area contributed by atoms with Gasteiger partial charge in [-0.05, 0) is 56.9 Å². The highest BCUT2D eigenvalue weighted by atomic mass is 32.2. The number of fused-ring (bicyclic) bond motifs is 3. The van der Waals surface area contributed by atoms with Gasteiger partial charge in [0, 0.05) is 24.0 Å². The lowest BCUT2D eigenvalue weighted by Crippen LogP contribution is -2.22. The zero-order valence-corrected chi connectivity index (χ0v) is 16.0. The van der Waals surface area contributed by atoms with E-state index in [-0.39, 0.29) is 5.41 Å². The molecule has 28 heavy (non-hydrogen) atoms. The molecule has 0 bridgehead atoms. The minimum atomic E-state index is -2.76. The molecule has 1 heterocycles. The third-order valence-electron chi connectivity index (χ3n) is 6.32. The Kier molecular flexibility index (Phi) is 2.26. The number of hydrogen-bond acceptors (Lipinski definition) is 1. The molecule has 0 saturated heterocycles. The Morgan fingerprint density at radius 1 is 0.964 bits per heavy atom. The maximum absolute atomic E-state index is 8.47. The maximum atomic E-state index is 8.47. The molecule has 2 aromatic carbocycles. The van der Waals surface area contributed by atoms with Crippen LogP contribution in [0.3, 0.4) is 0 Å². The second-order valence-electron chi connectivity index (χ2n) is 7.79. The van der Waals surface area contributed by atoms with E-state index >= 15 is 0 Å². The van der Waals surface area contributed by atoms with Gasteiger partial charge < -0.3 is 0 Å². The Labute approximate surface area is 179 Å². The van der Waals surface area contributed by atoms with E-state index in [1.54, 1.807) is 23.9 Å². The molecule has 0 nitrogen and oxygen atoms in total. The summed E-state index contributed by atoms with van der Waals surface area (Å²) < 4.78 is 50.8. The van der Waals surface area contributed by atoms with Crippen LogP contribution in [0.25, 0.3) is 16.7 Å². The first-order valence-electron chi connectivity index (χ1n) is 12.5. The van der Waals surface area contributed by atoms with Crippen molar-refractivity contribution in [2.45, 2.75) is 25.5 Å². The van der Waals surface area contributed by atoms with Gasteiger partial charge in [-0.25, -0.2) is 0 Å². The third kappa shape index (κ3) is 1.98. The van der Waals surface area contributed by atoms with E-state index < -0.39 is 19.1 Å². The van der Waals surface area contributed by atoms with Crippen molar-refractivity contribution in [1.29, 1.82) is 0 Å². The Balaban J connectivity index is 1.62. The highest BCUT2D eigenvalue weighted by molar-refractivity contribution is 8.06. The Hall–Kier alpha value is -2.51. The van der Waals surface area contributed by atoms with Gasteiger partial charge in [-0.15, -0.1) is 11.8 Å². The van der Waals surface area contributed by atoms with Gasteiger partial charge in [0.2, 0.25) is 0 Å². The van der Waals surface area contributed by atoms with Gasteiger partial charge in [0.25, 0.3) is 0 Å². The largest absolute Gasteiger partial charge is 0.100 e. The summed E-state index contributed by atoms with van der Waals surface area (Å²) in [7, 11) is 0. The summed E-state index contributed by atoms with van der Waals surface area (Å²) >= 11 is 1.70. The third-order valence-corrected chi connectivity index (χ3v) is 7.51. The van der Waals surface area contributed by atoms with Crippen LogP contribution in [0.2, 0.25) is 0 Å². The molecule has 0 aromatic heterocycles. The van der Waals surface area contributed by atoms with Crippen molar-refractivity contribution in [2.75, 3.05) is 0 Å². The molecule has 1 unspecified atom stereocenters. The summed E-state index contributed by atoms with van der Waals surface area (Å²) in [5.41, 5.74) is 2.93. The van der Waals surface area contributed by atoms with E-state index in [0.717, 1.165) is 17.6 Å². The van der Waals surface area contributed by atoms with Gasteiger partial charge >= 0.3 is 0 Å². The van der Waals surface area contributed by atoms with Crippen LogP contribution >= 0.6 is 11.8 Å². The van der Waals surface area contributed by atoms with E-state index in [0.29, 0.717) is 22.3 Å². The number of allylic oxidation sites excluding steroid dienone is 9. The van der Waals surface area contributed by atoms with Crippen molar-refractivity contribution < 1.29 is 8.22 Å². The molecule has 0 amide bonds. The fourth-order valence-electron chi connectivity index (χ4n) is 4.90. The van der Waals surface area contributed by atoms with E-state index in [2.05, 4.69) is 35.8 Å². The number of rotatable bonds is 1. The maximum Gasteiger partial charge on any atom is 0.0493 e. The average molecular weight is 385 g/mol. The standard InChI is InChI=1S/C27H22S/c1-26(2)23-11-4-3-9-21(23)22-13-12-18(16-24(22)26)20-10-7-15-27-14-6-5-8-19(27)17-28-25(20)27/h3-14,16-17H,15H2,1-2H3/i1D3,2D3. The quantitative estimate of drug-likeness (QED) is 0.493. The fraction of sp³-hybridized carbons (Fsp3) is 0.185. The predicted octanol–water partition coefficient (Wildman–Crippen LogP) is 7.41. The highest BCUT2D eigenvalue weighted by Gasteiger charge is 2.42. The average Bonchev–Trinajstić information content (AvgIpc) is 3.32. The highest BCUT2D eigenvalue weighted by Crippen LogP contribution is 2.59. The lowest BCUT2D eigenvalue weighted by molar-refractivity contribution is 0.600. The van der Waals surface area contributed by atoms with Crippen molar-refractivity contribution in [3.63, 3.8) is 0 Å². The Morgan fingerprint density at radius 2 is 1.86 bits per heavy atom. The van der Waals surface area contributed by atoms with Crippen molar-refractivity contribution in [1.82, 2.24) is 0 Å². The summed E-state index contributed by atoms with van der Waals surface area (Å²) in [6.45, 7) is -5.51. The fourth-order valence-corrected chi connectivity index (χ4v) is 6.22. The summed E-state index contributed by atoms with van der Waals surface area (Å²) in [5.74, 6) is 0. The van der Waals surface area contributed by atoms with E-state index in [1.165, 1.54) is 10.5 Å². The zero-order chi connectivity index (χ0) is 23.9. The molecule has 6 rings (SSSR count). The topological polar surface area (TPSA) is 0 Å². The lowest BCUT2D eigenvalue weighted by atomic mass is 9.71. The molecule has 0 radical (unpaired) electrons. The van der Waals surface area contributed by atoms with Crippen LogP contribution < -0.4 is 0 Å². The first kappa shape index (κ1) is 11.5. The number of hydrogen-bond donors (Lipinski definition) is 0. The van der Waals surface area contributed by atoms with Crippen LogP contribution in [0, 0.1) is 5.41 Å². The summed E-state index contributed by atoms with van der Waals surface area (Å²) in [6, 6.07) is 12.8. The minimum Gasteiger partial charge on any atom is -0.100 e. The molecule has 0 N–H and O–H groups in total. The summed E-state index contributed by atoms with van der Waals surface area (Å²) in [4.78, 5) is 1.20. The molecule has 136 valence electrons. The first-order valence-corrected chi connectivity index (χ1v) is 10.4. The van der Waals surface area contributed by atoms with Crippen molar-refractivity contribution in [2.24, 2.45) is 5.41 Å². The molecule has 0 fully saturated rings. The van der Waals surface area contributed by atoms with Gasteiger partial charge in [-0.2, -0.15) is 0 Å². The molecule has 1 spiro atoms. The molecule has 1 atom stereocenters. The molecular formula is C27H22S. The minimum absolute atomic E-state index is 0.198. The van der Waals surface area contributed by atoms with E-state index in [4.69, 9.17) is 8.22 Å². The lowest BCUT2D eigenvalue weighted by Gasteiger charge is -2.34. The second-order valence-corrected chi connectivity index (χ2v) is 8.67. The first-order chi connectivity index (χ1) is 16.1. The van der Waals surface area contributed by atoms with Crippen LogP contribution in [-0.4, -0.2) is 0 Å². The van der Waals surface area contributed by atoms with Crippen LogP contribution in [0.1, 0.15) is 45.0 Å². The van der Waals surface area contributed by atoms with E-state index in [1.807, 2.05) is 36.4 Å². The van der Waals surface area contributed by atoms with E-state index in [9.17, 15) is 0 Å². The van der Waals surface area contributed by atoms with Gasteiger partial charge in [0.1, 0.15) is 0 Å². The monoisotopic (exact) mass is 384 g/mol. The second kappa shape index (κ2) is 5.52. The van der Waals surface area contributed by atoms with Crippen LogP contribution in [0.4, 0.5) is 0 Å². The Morgan fingerprint density at radius 3 is 2.79 bits per heavy atom. The normalized spacial score (nSPS) is 29.4. The SMILES string of the molecule is [2H]C([2H])([2H])C1(C([2H])([2H])[2H])c2ccccc2-c2ccc(C3=C4SC=C5C=CC=CC54CC=C3)cc21. The zero-order valence-electron chi connectivity index (χ0n) is 21.2. The molecule has 2 aromatic rings. The van der Waals surface area contributed by atoms with Gasteiger partial charge in [0.05, 0.1) is 0 Å². The van der Waals surface area contributed by atoms with Crippen LogP contribution in [0.5, 0.6) is 0 Å². The van der Waals surface area contributed by atoms with Gasteiger partial charge in [-0.1, -0.05) is 86.6 Å². The van der Waals surface area contributed by atoms with Crippen molar-refractivity contribution in [3.8, 4) is 11.1 Å². The summed E-state index contributed by atoms with van der Waals surface area (Å²) in [5, 5.41) is 2.18. The summed E-state index contributed by atoms with van der Waals surface area (Å²) in [6.07, 6.45) is 13.6. The Bertz CT molecular complexity index is 1370. The van der Waals surface area contributed by atoms with Crippen LogP contribution in [0.15, 0.2) is 94.8 Å². The molecular weight excluding hydrogens is 356 g/mol. The van der Waals surface area contributed by atoms with Crippen molar-refractivity contribution in [3.05, 3.63) is 111 Å². The van der Waals surface area contributed by atoms with Crippen molar-refractivity contribution >= 4 is 17.3 Å². The molecule has 1 aliphatic heterocycles.